The van der Waals surface area contributed by atoms with Crippen molar-refractivity contribution >= 4 is 0 Å². The normalized spacial score (nSPS) is 23.5. The molecule has 1 fully saturated rings. The molecule has 3 nitrogen and oxygen atoms in total. The maximum absolute atomic E-state index is 6.19. The van der Waals surface area contributed by atoms with Gasteiger partial charge in [0.1, 0.15) is 0 Å². The summed E-state index contributed by atoms with van der Waals surface area (Å²) in [6.07, 6.45) is 1.37. The number of morpholine rings is 1. The third-order valence-electron chi connectivity index (χ3n) is 3.31. The van der Waals surface area contributed by atoms with Crippen molar-refractivity contribution in [3.05, 3.63) is 35.9 Å². The van der Waals surface area contributed by atoms with Gasteiger partial charge in [-0.25, -0.2) is 0 Å². The van der Waals surface area contributed by atoms with Crippen molar-refractivity contribution < 1.29 is 4.74 Å². The van der Waals surface area contributed by atoms with Crippen LogP contribution in [0.5, 0.6) is 0 Å². The van der Waals surface area contributed by atoms with Crippen LogP contribution in [0.3, 0.4) is 0 Å². The summed E-state index contributed by atoms with van der Waals surface area (Å²) in [6.45, 7) is 6.10. The fourth-order valence-electron chi connectivity index (χ4n) is 2.28. The van der Waals surface area contributed by atoms with Crippen molar-refractivity contribution in [2.45, 2.75) is 25.5 Å². The SMILES string of the molecule is CC1CN(CCC(N)c2ccccc2)CCO1. The lowest BCUT2D eigenvalue weighted by molar-refractivity contribution is -0.0189. The summed E-state index contributed by atoms with van der Waals surface area (Å²) >= 11 is 0. The molecule has 0 aromatic heterocycles. The maximum Gasteiger partial charge on any atom is 0.0674 e. The molecule has 1 saturated heterocycles. The van der Waals surface area contributed by atoms with E-state index in [4.69, 9.17) is 10.5 Å². The van der Waals surface area contributed by atoms with Gasteiger partial charge in [0, 0.05) is 25.7 Å². The fraction of sp³-hybridized carbons (Fsp3) is 0.571. The molecular weight excluding hydrogens is 212 g/mol. The Hall–Kier alpha value is -0.900. The largest absolute Gasteiger partial charge is 0.376 e. The smallest absolute Gasteiger partial charge is 0.0674 e. The van der Waals surface area contributed by atoms with Gasteiger partial charge in [-0.05, 0) is 18.9 Å². The molecule has 1 aromatic carbocycles. The van der Waals surface area contributed by atoms with E-state index in [2.05, 4.69) is 24.0 Å². The predicted octanol–water partition coefficient (Wildman–Crippen LogP) is 1.80. The summed E-state index contributed by atoms with van der Waals surface area (Å²) in [5, 5.41) is 0. The number of benzene rings is 1. The molecule has 2 atom stereocenters. The minimum atomic E-state index is 0.148. The van der Waals surface area contributed by atoms with Crippen molar-refractivity contribution in [1.82, 2.24) is 4.90 Å². The van der Waals surface area contributed by atoms with Crippen LogP contribution in [-0.2, 0) is 4.74 Å². The van der Waals surface area contributed by atoms with Crippen LogP contribution in [0.15, 0.2) is 30.3 Å². The molecule has 1 aliphatic rings. The van der Waals surface area contributed by atoms with E-state index in [9.17, 15) is 0 Å². The number of hydrogen-bond acceptors (Lipinski definition) is 3. The molecule has 2 rings (SSSR count). The fourth-order valence-corrected chi connectivity index (χ4v) is 2.28. The van der Waals surface area contributed by atoms with Gasteiger partial charge in [0.15, 0.2) is 0 Å². The van der Waals surface area contributed by atoms with Gasteiger partial charge in [0.25, 0.3) is 0 Å². The van der Waals surface area contributed by atoms with Crippen LogP contribution in [0.25, 0.3) is 0 Å². The van der Waals surface area contributed by atoms with Crippen LogP contribution >= 0.6 is 0 Å². The first-order valence-electron chi connectivity index (χ1n) is 6.40. The minimum absolute atomic E-state index is 0.148. The first kappa shape index (κ1) is 12.6. The van der Waals surface area contributed by atoms with Gasteiger partial charge in [-0.3, -0.25) is 4.90 Å². The second-order valence-corrected chi connectivity index (χ2v) is 4.79. The van der Waals surface area contributed by atoms with Gasteiger partial charge >= 0.3 is 0 Å². The molecule has 0 bridgehead atoms. The lowest BCUT2D eigenvalue weighted by Gasteiger charge is -2.31. The van der Waals surface area contributed by atoms with E-state index >= 15 is 0 Å². The molecule has 94 valence electrons. The second-order valence-electron chi connectivity index (χ2n) is 4.79. The molecule has 0 radical (unpaired) electrons. The molecule has 1 aromatic rings. The van der Waals surface area contributed by atoms with Gasteiger partial charge < -0.3 is 10.5 Å². The molecule has 0 amide bonds. The van der Waals surface area contributed by atoms with E-state index in [0.717, 1.165) is 32.7 Å². The van der Waals surface area contributed by atoms with Gasteiger partial charge in [0.2, 0.25) is 0 Å². The summed E-state index contributed by atoms with van der Waals surface area (Å²) in [5.41, 5.74) is 7.42. The van der Waals surface area contributed by atoms with Crippen LogP contribution in [0, 0.1) is 0 Å². The average molecular weight is 234 g/mol. The molecule has 2 unspecified atom stereocenters. The first-order chi connectivity index (χ1) is 8.25. The van der Waals surface area contributed by atoms with Crippen molar-refractivity contribution in [1.29, 1.82) is 0 Å². The van der Waals surface area contributed by atoms with Gasteiger partial charge in [-0.1, -0.05) is 30.3 Å². The average Bonchev–Trinajstić information content (AvgIpc) is 2.37. The lowest BCUT2D eigenvalue weighted by Crippen LogP contribution is -2.42. The van der Waals surface area contributed by atoms with E-state index in [1.54, 1.807) is 0 Å². The highest BCUT2D eigenvalue weighted by molar-refractivity contribution is 5.18. The molecule has 1 heterocycles. The quantitative estimate of drug-likeness (QED) is 0.863. The van der Waals surface area contributed by atoms with E-state index in [0.29, 0.717) is 6.10 Å². The van der Waals surface area contributed by atoms with Gasteiger partial charge in [-0.2, -0.15) is 0 Å². The van der Waals surface area contributed by atoms with Crippen LogP contribution < -0.4 is 5.73 Å². The number of rotatable bonds is 4. The Morgan fingerprint density at radius 1 is 1.41 bits per heavy atom. The Morgan fingerprint density at radius 2 is 2.18 bits per heavy atom. The van der Waals surface area contributed by atoms with Gasteiger partial charge in [-0.15, -0.1) is 0 Å². The van der Waals surface area contributed by atoms with E-state index in [1.807, 2.05) is 18.2 Å². The molecule has 17 heavy (non-hydrogen) atoms. The summed E-state index contributed by atoms with van der Waals surface area (Å²) < 4.78 is 5.53. The summed E-state index contributed by atoms with van der Waals surface area (Å²) in [5.74, 6) is 0. The van der Waals surface area contributed by atoms with Crippen molar-refractivity contribution in [3.63, 3.8) is 0 Å². The molecule has 0 spiro atoms. The third-order valence-corrected chi connectivity index (χ3v) is 3.31. The van der Waals surface area contributed by atoms with E-state index in [1.165, 1.54) is 5.56 Å². The Morgan fingerprint density at radius 3 is 2.88 bits per heavy atom. The molecular formula is C14H22N2O. The predicted molar refractivity (Wildman–Crippen MR) is 69.8 cm³/mol. The van der Waals surface area contributed by atoms with Crippen molar-refractivity contribution in [3.8, 4) is 0 Å². The third kappa shape index (κ3) is 3.80. The summed E-state index contributed by atoms with van der Waals surface area (Å²) in [6, 6.07) is 10.5. The monoisotopic (exact) mass is 234 g/mol. The Balaban J connectivity index is 1.78. The van der Waals surface area contributed by atoms with Crippen molar-refractivity contribution in [2.75, 3.05) is 26.2 Å². The molecule has 0 saturated carbocycles. The van der Waals surface area contributed by atoms with Crippen LogP contribution in [0.4, 0.5) is 0 Å². The zero-order chi connectivity index (χ0) is 12.1. The summed E-state index contributed by atoms with van der Waals surface area (Å²) in [7, 11) is 0. The lowest BCUT2D eigenvalue weighted by atomic mass is 10.0. The number of ether oxygens (including phenoxy) is 1. The highest BCUT2D eigenvalue weighted by Gasteiger charge is 2.17. The molecule has 2 N–H and O–H groups in total. The Bertz CT molecular complexity index is 328. The molecule has 0 aliphatic carbocycles. The number of nitrogens with zero attached hydrogens (tertiary/aromatic N) is 1. The number of nitrogens with two attached hydrogens (primary N) is 1. The van der Waals surface area contributed by atoms with Crippen molar-refractivity contribution in [2.24, 2.45) is 5.73 Å². The summed E-state index contributed by atoms with van der Waals surface area (Å²) in [4.78, 5) is 2.44. The Kier molecular flexibility index (Phi) is 4.54. The first-order valence-corrected chi connectivity index (χ1v) is 6.40. The highest BCUT2D eigenvalue weighted by Crippen LogP contribution is 2.14. The van der Waals surface area contributed by atoms with Crippen LogP contribution in [-0.4, -0.2) is 37.2 Å². The zero-order valence-corrected chi connectivity index (χ0v) is 10.5. The number of hydrogen-bond donors (Lipinski definition) is 1. The zero-order valence-electron chi connectivity index (χ0n) is 10.5. The van der Waals surface area contributed by atoms with Gasteiger partial charge in [0.05, 0.1) is 12.7 Å². The van der Waals surface area contributed by atoms with Crippen LogP contribution in [0.2, 0.25) is 0 Å². The highest BCUT2D eigenvalue weighted by atomic mass is 16.5. The van der Waals surface area contributed by atoms with E-state index in [-0.39, 0.29) is 6.04 Å². The second kappa shape index (κ2) is 6.15. The standard InChI is InChI=1S/C14H22N2O/c1-12-11-16(9-10-17-12)8-7-14(15)13-5-3-2-4-6-13/h2-6,12,14H,7-11,15H2,1H3. The van der Waals surface area contributed by atoms with Crippen LogP contribution in [0.1, 0.15) is 24.9 Å². The molecule has 1 aliphatic heterocycles. The topological polar surface area (TPSA) is 38.5 Å². The molecule has 3 heteroatoms. The Labute approximate surface area is 104 Å². The minimum Gasteiger partial charge on any atom is -0.376 e. The maximum atomic E-state index is 6.19. The van der Waals surface area contributed by atoms with E-state index < -0.39 is 0 Å².